The van der Waals surface area contributed by atoms with Crippen molar-refractivity contribution in [2.45, 2.75) is 55.4 Å². The second-order valence-corrected chi connectivity index (χ2v) is 25.6. The number of carbonyl (C=O) groups excluding carboxylic acids is 4. The van der Waals surface area contributed by atoms with Gasteiger partial charge in [-0.2, -0.15) is 0 Å². The van der Waals surface area contributed by atoms with E-state index in [4.69, 9.17) is 0 Å². The first kappa shape index (κ1) is 61.9. The lowest BCUT2D eigenvalue weighted by atomic mass is 9.98. The molecule has 0 atom stereocenters. The quantitative estimate of drug-likeness (QED) is 0.135. The highest BCUT2D eigenvalue weighted by molar-refractivity contribution is 6.37. The largest absolute Gasteiger partial charge is 0.308 e. The van der Waals surface area contributed by atoms with Crippen LogP contribution in [0.25, 0.3) is 111 Å². The second kappa shape index (κ2) is 25.1. The summed E-state index contributed by atoms with van der Waals surface area (Å²) in [6.07, 6.45) is 0. The molecule has 4 amide bonds. The van der Waals surface area contributed by atoms with Crippen LogP contribution in [0, 0.1) is 41.5 Å². The fourth-order valence-corrected chi connectivity index (χ4v) is 14.8. The van der Waals surface area contributed by atoms with E-state index in [2.05, 4.69) is 172 Å². The molecule has 8 heteroatoms. The first-order valence-corrected chi connectivity index (χ1v) is 33.4. The molecular formula is C90H70N4O4. The smallest absolute Gasteiger partial charge is 0.268 e. The Morgan fingerprint density at radius 1 is 0.224 bits per heavy atom. The van der Waals surface area contributed by atoms with E-state index in [0.29, 0.717) is 45.0 Å². The molecule has 0 bridgehead atoms. The zero-order valence-electron chi connectivity index (χ0n) is 56.0. The molecule has 0 spiro atoms. The van der Waals surface area contributed by atoms with Gasteiger partial charge in [0, 0.05) is 21.5 Å². The zero-order chi connectivity index (χ0) is 67.6. The van der Waals surface area contributed by atoms with E-state index < -0.39 is 0 Å². The average Bonchev–Trinajstić information content (AvgIpc) is 1.57. The van der Waals surface area contributed by atoms with E-state index >= 15 is 0 Å². The minimum absolute atomic E-state index is 0.310. The SMILES string of the molecule is CC.Cc1cc(C)cc(-c2ccc3c(c2)c2ccccc2n3-c2cccc3c2C(=O)N(c2cccc(-c4ccccc4)c2)C3=O)c1.Cc1cc(C)cc(-c2ccc3c4ccc(-c5cc(C)cc(C)c5)cc4n(-c4cccc5c4C(=O)N(c4cccc(-c6ccccc6)c4)C5=O)c3c2)c1. The number of aryl methyl sites for hydroxylation is 6. The molecule has 4 heterocycles. The number of hydrogen-bond acceptors (Lipinski definition) is 4. The van der Waals surface area contributed by atoms with Gasteiger partial charge in [0.2, 0.25) is 0 Å². The van der Waals surface area contributed by atoms with E-state index in [0.717, 1.165) is 93.7 Å². The predicted octanol–water partition coefficient (Wildman–Crippen LogP) is 22.4. The number of carbonyl (C=O) groups is 4. The zero-order valence-corrected chi connectivity index (χ0v) is 56.0. The Bertz CT molecular complexity index is 5610. The van der Waals surface area contributed by atoms with E-state index in [1.807, 2.05) is 159 Å². The van der Waals surface area contributed by atoms with E-state index in [1.54, 1.807) is 12.1 Å². The van der Waals surface area contributed by atoms with Gasteiger partial charge < -0.3 is 9.13 Å². The van der Waals surface area contributed by atoms with Gasteiger partial charge in [-0.1, -0.05) is 247 Å². The Morgan fingerprint density at radius 3 is 1.00 bits per heavy atom. The molecule has 0 saturated heterocycles. The third-order valence-corrected chi connectivity index (χ3v) is 18.8. The Labute approximate surface area is 570 Å². The van der Waals surface area contributed by atoms with Crippen LogP contribution in [0.2, 0.25) is 0 Å². The maximum absolute atomic E-state index is 14.7. The molecule has 2 aromatic heterocycles. The minimum Gasteiger partial charge on any atom is -0.308 e. The van der Waals surface area contributed by atoms with Crippen LogP contribution in [0.4, 0.5) is 11.4 Å². The normalized spacial score (nSPS) is 12.5. The van der Waals surface area contributed by atoms with Crippen LogP contribution in [0.3, 0.4) is 0 Å². The molecule has 2 aliphatic rings. The van der Waals surface area contributed by atoms with Gasteiger partial charge in [-0.3, -0.25) is 19.2 Å². The van der Waals surface area contributed by atoms with Crippen molar-refractivity contribution in [3.05, 3.63) is 335 Å². The number of amides is 4. The van der Waals surface area contributed by atoms with Crippen LogP contribution >= 0.6 is 0 Å². The van der Waals surface area contributed by atoms with E-state index in [1.165, 1.54) is 48.7 Å². The van der Waals surface area contributed by atoms with Crippen LogP contribution in [-0.4, -0.2) is 32.8 Å². The number of nitrogens with zero attached hydrogens (tertiary/aromatic N) is 4. The molecule has 17 rings (SSSR count). The number of rotatable bonds is 9. The fourth-order valence-electron chi connectivity index (χ4n) is 14.8. The summed E-state index contributed by atoms with van der Waals surface area (Å²) in [6.45, 7) is 16.7. The highest BCUT2D eigenvalue weighted by atomic mass is 16.2. The van der Waals surface area contributed by atoms with Gasteiger partial charge >= 0.3 is 0 Å². The fraction of sp³-hybridized carbons (Fsp3) is 0.0889. The third kappa shape index (κ3) is 10.9. The minimum atomic E-state index is -0.327. The summed E-state index contributed by atoms with van der Waals surface area (Å²) >= 11 is 0. The molecule has 2 aliphatic heterocycles. The number of anilines is 2. The molecule has 0 fully saturated rings. The highest BCUT2D eigenvalue weighted by Crippen LogP contribution is 2.44. The molecule has 15 aromatic rings. The molecular weight excluding hydrogens is 1200 g/mol. The van der Waals surface area contributed by atoms with E-state index in [-0.39, 0.29) is 23.6 Å². The topological polar surface area (TPSA) is 84.6 Å². The Balaban J connectivity index is 0.000000158. The first-order chi connectivity index (χ1) is 47.7. The molecule has 0 unspecified atom stereocenters. The standard InChI is InChI=1S/C48H36N2O2.C40H28N2O2.C2H6/c1-29-20-30(2)23-37(22-29)35-16-18-40-41-19-17-36(38-24-31(3)21-32(4)25-38)28-45(41)50(44(40)27-35)43-15-9-14-42-46(43)48(52)49(47(42)51)39-13-8-12-34(26-39)33-10-6-5-7-11-33;1-25-20-26(2)22-30(21-25)29-18-19-36-34(24-29)32-14-6-7-16-35(32)42(36)37-17-9-15-33-38(37)40(44)41(39(33)43)31-13-8-12-28(23-31)27-10-4-3-5-11-27;1-2/h5-28H,1-4H3;3-24H,1-2H3;1-2H3. The van der Waals surface area contributed by atoms with Crippen molar-refractivity contribution in [1.82, 2.24) is 9.13 Å². The molecule has 0 aliphatic carbocycles. The number of aromatic nitrogens is 2. The van der Waals surface area contributed by atoms with Crippen LogP contribution in [-0.2, 0) is 0 Å². The number of benzene rings is 13. The predicted molar refractivity (Wildman–Crippen MR) is 404 cm³/mol. The lowest BCUT2D eigenvalue weighted by molar-refractivity contribution is 0.0910. The maximum Gasteiger partial charge on any atom is 0.268 e. The Kier molecular flexibility index (Phi) is 15.9. The average molecular weight is 1270 g/mol. The van der Waals surface area contributed by atoms with Crippen LogP contribution in [0.5, 0.6) is 0 Å². The van der Waals surface area contributed by atoms with Gasteiger partial charge in [0.25, 0.3) is 23.6 Å². The summed E-state index contributed by atoms with van der Waals surface area (Å²) in [5.74, 6) is -1.27. The molecule has 0 saturated carbocycles. The lowest BCUT2D eigenvalue weighted by Crippen LogP contribution is -2.29. The Morgan fingerprint density at radius 2 is 0.561 bits per heavy atom. The number of hydrogen-bond donors (Lipinski definition) is 0. The molecule has 0 N–H and O–H groups in total. The summed E-state index contributed by atoms with van der Waals surface area (Å²) in [7, 11) is 0. The molecule has 474 valence electrons. The highest BCUT2D eigenvalue weighted by Gasteiger charge is 2.41. The van der Waals surface area contributed by atoms with Crippen molar-refractivity contribution in [3.8, 4) is 67.0 Å². The van der Waals surface area contributed by atoms with Gasteiger partial charge in [0.15, 0.2) is 0 Å². The van der Waals surface area contributed by atoms with E-state index in [9.17, 15) is 19.2 Å². The van der Waals surface area contributed by atoms with Crippen molar-refractivity contribution in [2.75, 3.05) is 9.80 Å². The summed E-state index contributed by atoms with van der Waals surface area (Å²) in [5, 5.41) is 4.35. The molecule has 0 radical (unpaired) electrons. The summed E-state index contributed by atoms with van der Waals surface area (Å²) in [6, 6.07) is 94.2. The van der Waals surface area contributed by atoms with Crippen molar-refractivity contribution < 1.29 is 19.2 Å². The summed E-state index contributed by atoms with van der Waals surface area (Å²) in [4.78, 5) is 59.6. The van der Waals surface area contributed by atoms with Gasteiger partial charge in [0.1, 0.15) is 0 Å². The number of fused-ring (bicyclic) bond motifs is 8. The van der Waals surface area contributed by atoms with Crippen molar-refractivity contribution >= 4 is 78.6 Å². The summed E-state index contributed by atoms with van der Waals surface area (Å²) in [5.41, 5.74) is 26.0. The lowest BCUT2D eigenvalue weighted by Gasteiger charge is -2.16. The van der Waals surface area contributed by atoms with Crippen molar-refractivity contribution in [3.63, 3.8) is 0 Å². The van der Waals surface area contributed by atoms with Gasteiger partial charge in [0.05, 0.1) is 67.1 Å². The summed E-state index contributed by atoms with van der Waals surface area (Å²) < 4.78 is 4.32. The van der Waals surface area contributed by atoms with Crippen molar-refractivity contribution in [2.24, 2.45) is 0 Å². The first-order valence-electron chi connectivity index (χ1n) is 33.4. The third-order valence-electron chi connectivity index (χ3n) is 18.8. The number of imide groups is 2. The number of para-hydroxylation sites is 1. The Hall–Kier alpha value is -12.3. The maximum atomic E-state index is 14.7. The second-order valence-electron chi connectivity index (χ2n) is 25.6. The van der Waals surface area contributed by atoms with Crippen molar-refractivity contribution in [1.29, 1.82) is 0 Å². The molecule has 13 aromatic carbocycles. The van der Waals surface area contributed by atoms with Gasteiger partial charge in [-0.05, 0) is 176 Å². The van der Waals surface area contributed by atoms with Gasteiger partial charge in [-0.15, -0.1) is 0 Å². The molecule has 8 nitrogen and oxygen atoms in total. The van der Waals surface area contributed by atoms with Crippen LogP contribution in [0.1, 0.15) is 88.7 Å². The monoisotopic (exact) mass is 1270 g/mol. The van der Waals surface area contributed by atoms with Crippen LogP contribution < -0.4 is 9.80 Å². The van der Waals surface area contributed by atoms with Gasteiger partial charge in [-0.25, -0.2) is 9.80 Å². The van der Waals surface area contributed by atoms with Crippen LogP contribution in [0.15, 0.2) is 279 Å². The molecule has 98 heavy (non-hydrogen) atoms.